The van der Waals surface area contributed by atoms with Gasteiger partial charge >= 0.3 is 0 Å². The van der Waals surface area contributed by atoms with Crippen LogP contribution in [0.2, 0.25) is 0 Å². The van der Waals surface area contributed by atoms with Crippen molar-refractivity contribution < 1.29 is 23.1 Å². The second-order valence-corrected chi connectivity index (χ2v) is 11.2. The van der Waals surface area contributed by atoms with E-state index < -0.39 is 22.2 Å². The normalized spacial score (nSPS) is 23.5. The summed E-state index contributed by atoms with van der Waals surface area (Å²) in [6.45, 7) is 3.82. The van der Waals surface area contributed by atoms with Gasteiger partial charge in [-0.15, -0.1) is 0 Å². The first kappa shape index (κ1) is 24.6. The first-order chi connectivity index (χ1) is 16.2. The van der Waals surface area contributed by atoms with E-state index in [0.717, 1.165) is 30.4 Å². The molecule has 4 rings (SSSR count). The van der Waals surface area contributed by atoms with Crippen LogP contribution < -0.4 is 4.74 Å². The number of sulfonamides is 1. The number of fused-ring (bicyclic) bond motifs is 1. The molecule has 0 unspecified atom stereocenters. The van der Waals surface area contributed by atoms with Crippen LogP contribution in [0.15, 0.2) is 41.8 Å². The van der Waals surface area contributed by atoms with Crippen molar-refractivity contribution in [1.82, 2.24) is 19.2 Å². The van der Waals surface area contributed by atoms with Gasteiger partial charge in [0.05, 0.1) is 13.2 Å². The van der Waals surface area contributed by atoms with E-state index in [1.807, 2.05) is 6.92 Å². The van der Waals surface area contributed by atoms with Gasteiger partial charge < -0.3 is 14.7 Å². The minimum atomic E-state index is -3.93. The van der Waals surface area contributed by atoms with Crippen LogP contribution in [0.1, 0.15) is 33.1 Å². The number of aliphatic hydroxyl groups excluding tert-OH is 1. The Kier molecular flexibility index (Phi) is 7.20. The number of carbonyl (C=O) groups is 1. The Labute approximate surface area is 200 Å². The number of hydrogen-bond acceptors (Lipinski definition) is 7. The van der Waals surface area contributed by atoms with Gasteiger partial charge in [-0.05, 0) is 37.5 Å². The zero-order valence-electron chi connectivity index (χ0n) is 19.8. The van der Waals surface area contributed by atoms with Crippen LogP contribution in [0.25, 0.3) is 11.1 Å². The predicted molar refractivity (Wildman–Crippen MR) is 126 cm³/mol. The maximum atomic E-state index is 13.6. The number of carbonyl (C=O) groups excluding carboxylic acids is 1. The highest BCUT2D eigenvalue weighted by Gasteiger charge is 2.39. The molecule has 184 valence electrons. The smallest absolute Gasteiger partial charge is 0.247 e. The van der Waals surface area contributed by atoms with Gasteiger partial charge in [-0.1, -0.05) is 19.4 Å². The van der Waals surface area contributed by atoms with E-state index in [0.29, 0.717) is 6.54 Å². The molecule has 1 N–H and O–H groups in total. The first-order valence-corrected chi connectivity index (χ1v) is 13.1. The van der Waals surface area contributed by atoms with Crippen molar-refractivity contribution in [1.29, 1.82) is 0 Å². The molecule has 10 heteroatoms. The molecule has 2 heterocycles. The number of likely N-dealkylation sites (N-methyl/N-ethyl adjacent to an activating group) is 1. The zero-order valence-corrected chi connectivity index (χ0v) is 20.6. The van der Waals surface area contributed by atoms with Crippen molar-refractivity contribution in [3.8, 4) is 16.9 Å². The average molecular weight is 489 g/mol. The number of aliphatic hydroxyl groups is 1. The Balaban J connectivity index is 1.74. The fraction of sp³-hybridized carbons (Fsp3) is 0.542. The van der Waals surface area contributed by atoms with Crippen LogP contribution in [0.3, 0.4) is 0 Å². The van der Waals surface area contributed by atoms with Gasteiger partial charge in [-0.25, -0.2) is 18.4 Å². The van der Waals surface area contributed by atoms with Crippen molar-refractivity contribution >= 4 is 15.9 Å². The number of ether oxygens (including phenoxy) is 1. The minimum Gasteiger partial charge on any atom is -0.487 e. The summed E-state index contributed by atoms with van der Waals surface area (Å²) in [4.78, 5) is 22.6. The zero-order chi connectivity index (χ0) is 24.5. The SMILES string of the molecule is C[C@@H]1CN([C@H](C)CO)S(=O)(=O)c2ccc(-c3cncnc3)cc2O[C@@H]1CN(C)C(=O)C1CCC1. The van der Waals surface area contributed by atoms with Crippen molar-refractivity contribution in [2.45, 2.75) is 50.2 Å². The quantitative estimate of drug-likeness (QED) is 0.663. The Morgan fingerprint density at radius 2 is 1.97 bits per heavy atom. The molecule has 1 fully saturated rings. The summed E-state index contributed by atoms with van der Waals surface area (Å²) in [5.41, 5.74) is 1.46. The van der Waals surface area contributed by atoms with E-state index in [2.05, 4.69) is 9.97 Å². The number of benzene rings is 1. The number of amides is 1. The maximum absolute atomic E-state index is 13.6. The van der Waals surface area contributed by atoms with Gasteiger partial charge in [0.1, 0.15) is 23.1 Å². The van der Waals surface area contributed by atoms with E-state index in [4.69, 9.17) is 4.74 Å². The predicted octanol–water partition coefficient (Wildman–Crippen LogP) is 2.17. The highest BCUT2D eigenvalue weighted by atomic mass is 32.2. The molecule has 34 heavy (non-hydrogen) atoms. The summed E-state index contributed by atoms with van der Waals surface area (Å²) in [5, 5.41) is 9.78. The molecule has 1 amide bonds. The fourth-order valence-corrected chi connectivity index (χ4v) is 6.22. The van der Waals surface area contributed by atoms with Crippen molar-refractivity contribution in [3.63, 3.8) is 0 Å². The van der Waals surface area contributed by atoms with Crippen LogP contribution in [-0.4, -0.2) is 77.5 Å². The van der Waals surface area contributed by atoms with Crippen LogP contribution >= 0.6 is 0 Å². The molecular weight excluding hydrogens is 456 g/mol. The third-order valence-corrected chi connectivity index (χ3v) is 8.86. The molecule has 1 saturated carbocycles. The van der Waals surface area contributed by atoms with Gasteiger partial charge in [0.15, 0.2) is 0 Å². The molecule has 0 spiro atoms. The molecule has 1 aromatic heterocycles. The van der Waals surface area contributed by atoms with Crippen LogP contribution in [0.4, 0.5) is 0 Å². The summed E-state index contributed by atoms with van der Waals surface area (Å²) >= 11 is 0. The lowest BCUT2D eigenvalue weighted by atomic mass is 9.84. The van der Waals surface area contributed by atoms with E-state index in [-0.39, 0.29) is 41.5 Å². The van der Waals surface area contributed by atoms with E-state index >= 15 is 0 Å². The fourth-order valence-electron chi connectivity index (χ4n) is 4.40. The van der Waals surface area contributed by atoms with Crippen molar-refractivity contribution in [2.24, 2.45) is 11.8 Å². The molecular formula is C24H32N4O5S. The maximum Gasteiger partial charge on any atom is 0.247 e. The summed E-state index contributed by atoms with van der Waals surface area (Å²) in [6, 6.07) is 4.31. The Bertz CT molecular complexity index is 1120. The van der Waals surface area contributed by atoms with Gasteiger partial charge in [0, 0.05) is 49.4 Å². The summed E-state index contributed by atoms with van der Waals surface area (Å²) in [6.07, 6.45) is 7.20. The van der Waals surface area contributed by atoms with Crippen molar-refractivity contribution in [3.05, 3.63) is 36.9 Å². The number of nitrogens with zero attached hydrogens (tertiary/aromatic N) is 4. The van der Waals surface area contributed by atoms with E-state index in [1.54, 1.807) is 43.4 Å². The molecule has 1 aliphatic carbocycles. The molecule has 0 radical (unpaired) electrons. The summed E-state index contributed by atoms with van der Waals surface area (Å²) < 4.78 is 34.9. The van der Waals surface area contributed by atoms with Crippen LogP contribution in [0.5, 0.6) is 5.75 Å². The second kappa shape index (κ2) is 9.97. The number of rotatable bonds is 6. The minimum absolute atomic E-state index is 0.0401. The Morgan fingerprint density at radius 3 is 2.59 bits per heavy atom. The molecule has 1 aliphatic heterocycles. The standard InChI is InChI=1S/C24H32N4O5S/c1-16-12-28(17(2)14-29)34(31,32)23-8-7-19(20-10-25-15-26-11-20)9-21(23)33-22(16)13-27(3)24(30)18-5-4-6-18/h7-11,15-18,22,29H,4-6,12-14H2,1-3H3/t16-,17-,22-/m1/s1. The molecule has 2 aromatic rings. The first-order valence-electron chi connectivity index (χ1n) is 11.7. The molecule has 1 aromatic carbocycles. The molecule has 3 atom stereocenters. The number of aromatic nitrogens is 2. The monoisotopic (exact) mass is 488 g/mol. The molecule has 2 aliphatic rings. The lowest BCUT2D eigenvalue weighted by molar-refractivity contribution is -0.138. The lowest BCUT2D eigenvalue weighted by Gasteiger charge is -2.38. The van der Waals surface area contributed by atoms with Crippen LogP contribution in [-0.2, 0) is 14.8 Å². The van der Waals surface area contributed by atoms with Gasteiger partial charge in [-0.3, -0.25) is 4.79 Å². The topological polar surface area (TPSA) is 113 Å². The second-order valence-electron chi connectivity index (χ2n) is 9.38. The molecule has 9 nitrogen and oxygen atoms in total. The third-order valence-electron chi connectivity index (χ3n) is 6.85. The molecule has 0 bridgehead atoms. The highest BCUT2D eigenvalue weighted by molar-refractivity contribution is 7.89. The number of hydrogen-bond donors (Lipinski definition) is 1. The lowest BCUT2D eigenvalue weighted by Crippen LogP contribution is -2.50. The van der Waals surface area contributed by atoms with Crippen LogP contribution in [0, 0.1) is 11.8 Å². The Hall–Kier alpha value is -2.56. The van der Waals surface area contributed by atoms with Gasteiger partial charge in [0.25, 0.3) is 0 Å². The Morgan fingerprint density at radius 1 is 1.26 bits per heavy atom. The summed E-state index contributed by atoms with van der Waals surface area (Å²) in [7, 11) is -2.15. The average Bonchev–Trinajstić information content (AvgIpc) is 2.79. The van der Waals surface area contributed by atoms with E-state index in [9.17, 15) is 18.3 Å². The van der Waals surface area contributed by atoms with Gasteiger partial charge in [-0.2, -0.15) is 4.31 Å². The molecule has 0 saturated heterocycles. The van der Waals surface area contributed by atoms with Gasteiger partial charge in [0.2, 0.25) is 15.9 Å². The summed E-state index contributed by atoms with van der Waals surface area (Å²) in [5.74, 6) is 0.166. The third kappa shape index (κ3) is 4.80. The van der Waals surface area contributed by atoms with E-state index in [1.165, 1.54) is 16.7 Å². The largest absolute Gasteiger partial charge is 0.487 e. The van der Waals surface area contributed by atoms with Crippen molar-refractivity contribution in [2.75, 3.05) is 26.7 Å². The highest BCUT2D eigenvalue weighted by Crippen LogP contribution is 2.36.